The summed E-state index contributed by atoms with van der Waals surface area (Å²) in [5, 5.41) is 6.77. The minimum absolute atomic E-state index is 0.125. The monoisotopic (exact) mass is 458 g/mol. The molecule has 33 heavy (non-hydrogen) atoms. The summed E-state index contributed by atoms with van der Waals surface area (Å²) in [6, 6.07) is 16.9. The van der Waals surface area contributed by atoms with E-state index in [2.05, 4.69) is 41.4 Å². The van der Waals surface area contributed by atoms with E-state index in [9.17, 15) is 4.79 Å². The van der Waals surface area contributed by atoms with Gasteiger partial charge in [-0.2, -0.15) is 0 Å². The Morgan fingerprint density at radius 1 is 0.970 bits per heavy atom. The summed E-state index contributed by atoms with van der Waals surface area (Å²) in [6.45, 7) is 8.36. The molecule has 2 aromatic heterocycles. The summed E-state index contributed by atoms with van der Waals surface area (Å²) in [5.41, 5.74) is 10.5. The molecule has 0 bridgehead atoms. The molecule has 2 amide bonds. The molecule has 4 aromatic rings. The third-order valence-corrected chi connectivity index (χ3v) is 6.37. The number of nitrogens with one attached hydrogen (secondary N) is 2. The van der Waals surface area contributed by atoms with E-state index in [1.54, 1.807) is 23.6 Å². The molecule has 4 rings (SSSR count). The molecule has 0 aliphatic rings. The number of aromatic nitrogens is 3. The summed E-state index contributed by atoms with van der Waals surface area (Å²) in [4.78, 5) is 26.8. The quantitative estimate of drug-likeness (QED) is 0.343. The molecule has 0 aliphatic carbocycles. The predicted octanol–water partition coefficient (Wildman–Crippen LogP) is 6.10. The maximum atomic E-state index is 12.5. The average Bonchev–Trinajstić information content (AvgIpc) is 3.20. The number of hydrogen-bond acceptors (Lipinski definition) is 6. The highest BCUT2D eigenvalue weighted by atomic mass is 32.1. The molecule has 4 N–H and O–H groups in total. The summed E-state index contributed by atoms with van der Waals surface area (Å²) in [7, 11) is 0. The van der Waals surface area contributed by atoms with Crippen molar-refractivity contribution < 1.29 is 4.79 Å². The Balaban J connectivity index is 1.66. The fourth-order valence-electron chi connectivity index (χ4n) is 3.27. The van der Waals surface area contributed by atoms with Crippen LogP contribution < -0.4 is 16.4 Å². The smallest absolute Gasteiger partial charge is 0.323 e. The zero-order valence-corrected chi connectivity index (χ0v) is 19.8. The summed E-state index contributed by atoms with van der Waals surface area (Å²) >= 11 is 1.61. The van der Waals surface area contributed by atoms with Crippen molar-refractivity contribution in [1.29, 1.82) is 0 Å². The van der Waals surface area contributed by atoms with Gasteiger partial charge >= 0.3 is 6.03 Å². The van der Waals surface area contributed by atoms with Gasteiger partial charge in [0.15, 0.2) is 0 Å². The minimum Gasteiger partial charge on any atom is -0.368 e. The SMILES string of the molecule is Cc1cccc(NC(=O)Nc2cccc(-c3sc(C(C)(C)C)nc3-c3ccnc(N)n3)c2)c1. The lowest BCUT2D eigenvalue weighted by Gasteiger charge is -2.13. The molecular weight excluding hydrogens is 432 g/mol. The molecule has 0 radical (unpaired) electrons. The molecule has 0 spiro atoms. The standard InChI is InChI=1S/C25H26N6OS/c1-15-7-5-9-17(13-15)28-24(32)29-18-10-6-8-16(14-18)21-20(19-11-12-27-23(26)30-19)31-22(33-21)25(2,3)4/h5-14H,1-4H3,(H2,26,27,30)(H2,28,29,32). The third kappa shape index (κ3) is 5.35. The second kappa shape index (κ2) is 8.99. The maximum Gasteiger partial charge on any atom is 0.323 e. The molecule has 0 fully saturated rings. The van der Waals surface area contributed by atoms with E-state index in [-0.39, 0.29) is 17.4 Å². The number of urea groups is 1. The van der Waals surface area contributed by atoms with Gasteiger partial charge in [-0.05, 0) is 48.4 Å². The summed E-state index contributed by atoms with van der Waals surface area (Å²) in [6.07, 6.45) is 1.63. The van der Waals surface area contributed by atoms with Gasteiger partial charge in [-0.3, -0.25) is 0 Å². The molecular formula is C25H26N6OS. The molecule has 0 atom stereocenters. The molecule has 0 unspecified atom stereocenters. The van der Waals surface area contributed by atoms with Gasteiger partial charge in [0.25, 0.3) is 0 Å². The van der Waals surface area contributed by atoms with Crippen LogP contribution in [-0.2, 0) is 5.41 Å². The number of amides is 2. The van der Waals surface area contributed by atoms with Crippen LogP contribution >= 0.6 is 11.3 Å². The number of nitrogens with zero attached hydrogens (tertiary/aromatic N) is 3. The van der Waals surface area contributed by atoms with Gasteiger partial charge in [0.05, 0.1) is 15.6 Å². The van der Waals surface area contributed by atoms with Gasteiger partial charge < -0.3 is 16.4 Å². The van der Waals surface area contributed by atoms with Crippen LogP contribution in [0.15, 0.2) is 60.8 Å². The molecule has 2 heterocycles. The maximum absolute atomic E-state index is 12.5. The van der Waals surface area contributed by atoms with Crippen LogP contribution in [0.5, 0.6) is 0 Å². The second-order valence-corrected chi connectivity index (χ2v) is 9.78. The van der Waals surface area contributed by atoms with E-state index >= 15 is 0 Å². The lowest BCUT2D eigenvalue weighted by molar-refractivity contribution is 0.262. The first-order valence-corrected chi connectivity index (χ1v) is 11.4. The van der Waals surface area contributed by atoms with Gasteiger partial charge in [0.2, 0.25) is 5.95 Å². The number of rotatable bonds is 4. The molecule has 2 aromatic carbocycles. The number of carbonyl (C=O) groups excluding carboxylic acids is 1. The lowest BCUT2D eigenvalue weighted by Crippen LogP contribution is -2.19. The van der Waals surface area contributed by atoms with Gasteiger partial charge in [-0.25, -0.2) is 19.7 Å². The lowest BCUT2D eigenvalue weighted by atomic mass is 9.98. The van der Waals surface area contributed by atoms with Gasteiger partial charge in [0.1, 0.15) is 5.69 Å². The zero-order valence-electron chi connectivity index (χ0n) is 19.0. The number of benzene rings is 2. The van der Waals surface area contributed by atoms with Crippen molar-refractivity contribution in [3.63, 3.8) is 0 Å². The minimum atomic E-state index is -0.304. The zero-order chi connectivity index (χ0) is 23.6. The topological polar surface area (TPSA) is 106 Å². The predicted molar refractivity (Wildman–Crippen MR) is 136 cm³/mol. The van der Waals surface area contributed by atoms with Crippen LogP contribution in [0.2, 0.25) is 0 Å². The van der Waals surface area contributed by atoms with E-state index in [0.717, 1.165) is 32.4 Å². The Morgan fingerprint density at radius 3 is 2.33 bits per heavy atom. The first-order chi connectivity index (χ1) is 15.7. The molecule has 7 nitrogen and oxygen atoms in total. The Labute approximate surface area is 197 Å². The highest BCUT2D eigenvalue weighted by Crippen LogP contribution is 2.40. The molecule has 0 saturated carbocycles. The van der Waals surface area contributed by atoms with E-state index in [4.69, 9.17) is 10.7 Å². The first kappa shape index (κ1) is 22.4. The van der Waals surface area contributed by atoms with Crippen molar-refractivity contribution in [1.82, 2.24) is 15.0 Å². The Bertz CT molecular complexity index is 1310. The highest BCUT2D eigenvalue weighted by molar-refractivity contribution is 7.15. The van der Waals surface area contributed by atoms with Gasteiger partial charge in [-0.15, -0.1) is 11.3 Å². The second-order valence-electron chi connectivity index (χ2n) is 8.78. The number of hydrogen-bond donors (Lipinski definition) is 3. The van der Waals surface area contributed by atoms with E-state index in [1.807, 2.05) is 55.5 Å². The van der Waals surface area contributed by atoms with Crippen molar-refractivity contribution in [3.05, 3.63) is 71.4 Å². The van der Waals surface area contributed by atoms with E-state index in [0.29, 0.717) is 11.4 Å². The van der Waals surface area contributed by atoms with E-state index < -0.39 is 0 Å². The van der Waals surface area contributed by atoms with Crippen LogP contribution in [0.3, 0.4) is 0 Å². The molecule has 0 saturated heterocycles. The van der Waals surface area contributed by atoms with E-state index in [1.165, 1.54) is 0 Å². The molecule has 0 aliphatic heterocycles. The van der Waals surface area contributed by atoms with Gasteiger partial charge in [-0.1, -0.05) is 45.0 Å². The van der Waals surface area contributed by atoms with Crippen molar-refractivity contribution in [2.45, 2.75) is 33.1 Å². The molecule has 8 heteroatoms. The number of nitrogen functional groups attached to an aromatic ring is 1. The number of anilines is 3. The fourth-order valence-corrected chi connectivity index (χ4v) is 4.40. The number of aryl methyl sites for hydroxylation is 1. The first-order valence-electron chi connectivity index (χ1n) is 10.5. The van der Waals surface area contributed by atoms with Crippen molar-refractivity contribution in [2.24, 2.45) is 0 Å². The normalized spacial score (nSPS) is 11.3. The highest BCUT2D eigenvalue weighted by Gasteiger charge is 2.24. The van der Waals surface area contributed by atoms with Crippen LogP contribution in [0.4, 0.5) is 22.1 Å². The van der Waals surface area contributed by atoms with Crippen molar-refractivity contribution in [3.8, 4) is 21.8 Å². The van der Waals surface area contributed by atoms with Crippen molar-refractivity contribution >= 4 is 34.7 Å². The van der Waals surface area contributed by atoms with Gasteiger partial charge in [0, 0.05) is 23.0 Å². The Morgan fingerprint density at radius 2 is 1.67 bits per heavy atom. The number of carbonyl (C=O) groups is 1. The van der Waals surface area contributed by atoms with Crippen LogP contribution in [0.1, 0.15) is 31.3 Å². The molecule has 168 valence electrons. The Hall–Kier alpha value is -3.78. The van der Waals surface area contributed by atoms with Crippen LogP contribution in [0, 0.1) is 6.92 Å². The largest absolute Gasteiger partial charge is 0.368 e. The third-order valence-electron chi connectivity index (χ3n) is 4.84. The summed E-state index contributed by atoms with van der Waals surface area (Å²) < 4.78 is 0. The van der Waals surface area contributed by atoms with Crippen molar-refractivity contribution in [2.75, 3.05) is 16.4 Å². The summed E-state index contributed by atoms with van der Waals surface area (Å²) in [5.74, 6) is 0.201. The van der Waals surface area contributed by atoms with Crippen LogP contribution in [-0.4, -0.2) is 21.0 Å². The van der Waals surface area contributed by atoms with Crippen LogP contribution in [0.25, 0.3) is 21.8 Å². The number of nitrogens with two attached hydrogens (primary N) is 1. The fraction of sp³-hybridized carbons (Fsp3) is 0.200. The average molecular weight is 459 g/mol. The number of thiazole rings is 1. The Kier molecular flexibility index (Phi) is 6.11.